The molecule has 1 N–H and O–H groups in total. The Kier molecular flexibility index (Phi) is 4.05. The maximum atomic E-state index is 12.4. The van der Waals surface area contributed by atoms with Gasteiger partial charge in [-0.05, 0) is 25.8 Å². The van der Waals surface area contributed by atoms with Crippen LogP contribution in [-0.4, -0.2) is 59.6 Å². The zero-order valence-electron chi connectivity index (χ0n) is 10.9. The van der Waals surface area contributed by atoms with E-state index >= 15 is 0 Å². The number of hydrogen-bond donors (Lipinski definition) is 1. The van der Waals surface area contributed by atoms with Crippen LogP contribution in [0.2, 0.25) is 0 Å². The Hall–Kier alpha value is -0.610. The van der Waals surface area contributed by atoms with E-state index in [1.54, 1.807) is 0 Å². The van der Waals surface area contributed by atoms with Crippen LogP contribution in [0.5, 0.6) is 0 Å². The average Bonchev–Trinajstić information content (AvgIpc) is 2.76. The summed E-state index contributed by atoms with van der Waals surface area (Å²) in [4.78, 5) is 16.5. The third kappa shape index (κ3) is 2.63. The van der Waals surface area contributed by atoms with Gasteiger partial charge < -0.3 is 10.0 Å². The van der Waals surface area contributed by atoms with Gasteiger partial charge in [-0.2, -0.15) is 0 Å². The third-order valence-corrected chi connectivity index (χ3v) is 4.15. The summed E-state index contributed by atoms with van der Waals surface area (Å²) in [5, 5.41) is 9.41. The highest BCUT2D eigenvalue weighted by molar-refractivity contribution is 5.82. The van der Waals surface area contributed by atoms with Crippen LogP contribution in [0.15, 0.2) is 0 Å². The minimum atomic E-state index is -0.333. The van der Waals surface area contributed by atoms with Gasteiger partial charge in [-0.3, -0.25) is 9.69 Å². The molecular formula is C13H24N2O2. The molecule has 2 rings (SSSR count). The first kappa shape index (κ1) is 12.8. The molecule has 1 saturated heterocycles. The Balaban J connectivity index is 2.15. The molecule has 4 nitrogen and oxygen atoms in total. The van der Waals surface area contributed by atoms with E-state index in [0.29, 0.717) is 12.0 Å². The number of hydrogen-bond acceptors (Lipinski definition) is 3. The Morgan fingerprint density at radius 1 is 1.29 bits per heavy atom. The second-order valence-corrected chi connectivity index (χ2v) is 5.67. The molecule has 0 aromatic carbocycles. The van der Waals surface area contributed by atoms with Gasteiger partial charge in [0.1, 0.15) is 6.04 Å². The number of aliphatic hydroxyl groups excluding tert-OH is 1. The van der Waals surface area contributed by atoms with Crippen LogP contribution in [0.25, 0.3) is 0 Å². The molecule has 17 heavy (non-hydrogen) atoms. The van der Waals surface area contributed by atoms with E-state index in [4.69, 9.17) is 0 Å². The number of carbonyl (C=O) groups excluding carboxylic acids is 1. The van der Waals surface area contributed by atoms with Crippen LogP contribution in [0.3, 0.4) is 0 Å². The van der Waals surface area contributed by atoms with E-state index < -0.39 is 0 Å². The molecule has 0 bridgehead atoms. The summed E-state index contributed by atoms with van der Waals surface area (Å²) in [6.07, 6.45) is 4.76. The average molecular weight is 240 g/mol. The first-order valence-corrected chi connectivity index (χ1v) is 6.75. The van der Waals surface area contributed by atoms with E-state index in [0.717, 1.165) is 25.9 Å². The van der Waals surface area contributed by atoms with Crippen molar-refractivity contribution in [2.45, 2.75) is 44.7 Å². The fourth-order valence-electron chi connectivity index (χ4n) is 3.24. The second-order valence-electron chi connectivity index (χ2n) is 5.67. The first-order valence-electron chi connectivity index (χ1n) is 6.75. The monoisotopic (exact) mass is 240 g/mol. The van der Waals surface area contributed by atoms with Crippen molar-refractivity contribution in [3.05, 3.63) is 0 Å². The number of rotatable bonds is 2. The highest BCUT2D eigenvalue weighted by Crippen LogP contribution is 2.27. The Morgan fingerprint density at radius 2 is 1.94 bits per heavy atom. The van der Waals surface area contributed by atoms with Crippen molar-refractivity contribution >= 4 is 5.91 Å². The van der Waals surface area contributed by atoms with Gasteiger partial charge in [-0.15, -0.1) is 0 Å². The van der Waals surface area contributed by atoms with E-state index in [9.17, 15) is 9.90 Å². The van der Waals surface area contributed by atoms with Crippen molar-refractivity contribution in [2.24, 2.45) is 5.92 Å². The van der Waals surface area contributed by atoms with E-state index in [1.807, 2.05) is 16.8 Å². The molecule has 4 heteroatoms. The summed E-state index contributed by atoms with van der Waals surface area (Å²) < 4.78 is 0. The molecule has 1 saturated carbocycles. The van der Waals surface area contributed by atoms with Crippen LogP contribution < -0.4 is 0 Å². The van der Waals surface area contributed by atoms with Crippen molar-refractivity contribution in [1.29, 1.82) is 0 Å². The maximum absolute atomic E-state index is 12.4. The van der Waals surface area contributed by atoms with Crippen molar-refractivity contribution in [2.75, 3.05) is 26.7 Å². The maximum Gasteiger partial charge on any atom is 0.242 e. The number of nitrogens with zero attached hydrogens (tertiary/aromatic N) is 2. The minimum Gasteiger partial charge on any atom is -0.394 e. The largest absolute Gasteiger partial charge is 0.394 e. The summed E-state index contributed by atoms with van der Waals surface area (Å²) in [6.45, 7) is 3.86. The topological polar surface area (TPSA) is 43.8 Å². The van der Waals surface area contributed by atoms with Crippen LogP contribution in [0.4, 0.5) is 0 Å². The first-order chi connectivity index (χ1) is 8.13. The van der Waals surface area contributed by atoms with Crippen LogP contribution in [0, 0.1) is 5.92 Å². The van der Waals surface area contributed by atoms with Gasteiger partial charge in [-0.25, -0.2) is 0 Å². The highest BCUT2D eigenvalue weighted by Gasteiger charge is 2.36. The molecule has 2 unspecified atom stereocenters. The molecule has 1 amide bonds. The Labute approximate surface area is 104 Å². The number of likely N-dealkylation sites (N-methyl/N-ethyl adjacent to an activating group) is 1. The van der Waals surface area contributed by atoms with E-state index in [2.05, 4.69) is 6.92 Å². The molecular weight excluding hydrogens is 216 g/mol. The summed E-state index contributed by atoms with van der Waals surface area (Å²) >= 11 is 0. The Bertz CT molecular complexity index is 277. The fraction of sp³-hybridized carbons (Fsp3) is 0.923. The lowest BCUT2D eigenvalue weighted by Crippen LogP contribution is -2.49. The smallest absolute Gasteiger partial charge is 0.242 e. The zero-order valence-corrected chi connectivity index (χ0v) is 10.9. The van der Waals surface area contributed by atoms with E-state index in [1.165, 1.54) is 12.8 Å². The van der Waals surface area contributed by atoms with Gasteiger partial charge in [0.05, 0.1) is 6.61 Å². The van der Waals surface area contributed by atoms with E-state index in [-0.39, 0.29) is 18.6 Å². The highest BCUT2D eigenvalue weighted by atomic mass is 16.3. The SMILES string of the molecule is CC1CN(C)C(CO)C(=O)N(C2CCCC2)C1. The predicted octanol–water partition coefficient (Wildman–Crippen LogP) is 0.700. The van der Waals surface area contributed by atoms with Crippen molar-refractivity contribution in [3.8, 4) is 0 Å². The molecule has 2 fully saturated rings. The van der Waals surface area contributed by atoms with Gasteiger partial charge >= 0.3 is 0 Å². The van der Waals surface area contributed by atoms with Crippen molar-refractivity contribution < 1.29 is 9.90 Å². The molecule has 1 heterocycles. The summed E-state index contributed by atoms with van der Waals surface area (Å²) in [6, 6.07) is 0.0889. The van der Waals surface area contributed by atoms with Gasteiger partial charge in [0.15, 0.2) is 0 Å². The number of carbonyl (C=O) groups is 1. The lowest BCUT2D eigenvalue weighted by atomic mass is 10.1. The minimum absolute atomic E-state index is 0.0642. The van der Waals surface area contributed by atoms with Crippen molar-refractivity contribution in [3.63, 3.8) is 0 Å². The molecule has 0 aromatic heterocycles. The summed E-state index contributed by atoms with van der Waals surface area (Å²) in [5.74, 6) is 0.618. The standard InChI is InChI=1S/C13H24N2O2/c1-10-7-14(2)12(9-16)13(17)15(8-10)11-5-3-4-6-11/h10-12,16H,3-9H2,1-2H3. The lowest BCUT2D eigenvalue weighted by molar-refractivity contribution is -0.138. The number of aliphatic hydroxyl groups is 1. The van der Waals surface area contributed by atoms with Crippen molar-refractivity contribution in [1.82, 2.24) is 9.80 Å². The number of amides is 1. The molecule has 0 spiro atoms. The van der Waals surface area contributed by atoms with Crippen LogP contribution >= 0.6 is 0 Å². The molecule has 1 aliphatic carbocycles. The van der Waals surface area contributed by atoms with Gasteiger partial charge in [-0.1, -0.05) is 19.8 Å². The van der Waals surface area contributed by atoms with Gasteiger partial charge in [0.2, 0.25) is 5.91 Å². The quantitative estimate of drug-likeness (QED) is 0.773. The zero-order chi connectivity index (χ0) is 12.4. The fourth-order valence-corrected chi connectivity index (χ4v) is 3.24. The lowest BCUT2D eigenvalue weighted by Gasteiger charge is -2.31. The second kappa shape index (κ2) is 5.36. The normalized spacial score (nSPS) is 33.1. The molecule has 2 aliphatic rings. The van der Waals surface area contributed by atoms with Crippen LogP contribution in [0.1, 0.15) is 32.6 Å². The molecule has 0 aromatic rings. The predicted molar refractivity (Wildman–Crippen MR) is 66.6 cm³/mol. The summed E-state index contributed by atoms with van der Waals surface area (Å²) in [7, 11) is 1.94. The van der Waals surface area contributed by atoms with Gasteiger partial charge in [0.25, 0.3) is 0 Å². The van der Waals surface area contributed by atoms with Gasteiger partial charge in [0, 0.05) is 19.1 Å². The molecule has 1 aliphatic heterocycles. The summed E-state index contributed by atoms with van der Waals surface area (Å²) in [5.41, 5.74) is 0. The Morgan fingerprint density at radius 3 is 2.53 bits per heavy atom. The third-order valence-electron chi connectivity index (χ3n) is 4.15. The molecule has 2 atom stereocenters. The molecule has 0 radical (unpaired) electrons. The molecule has 98 valence electrons. The van der Waals surface area contributed by atoms with Crippen LogP contribution in [-0.2, 0) is 4.79 Å².